The Hall–Kier alpha value is -1.19. The van der Waals surface area contributed by atoms with Gasteiger partial charge in [0.2, 0.25) is 0 Å². The summed E-state index contributed by atoms with van der Waals surface area (Å²) in [4.78, 5) is 7.13. The van der Waals surface area contributed by atoms with E-state index >= 15 is 0 Å². The Labute approximate surface area is 57.9 Å². The summed E-state index contributed by atoms with van der Waals surface area (Å²) in [5, 5.41) is 0. The normalized spacial score (nSPS) is 9.50. The Morgan fingerprint density at radius 1 is 1.60 bits per heavy atom. The fourth-order valence-electron chi connectivity index (χ4n) is 0.574. The minimum Gasteiger partial charge on any atom is -0.478 e. The van der Waals surface area contributed by atoms with E-state index in [2.05, 4.69) is 14.7 Å². The van der Waals surface area contributed by atoms with Gasteiger partial charge in [0.25, 0.3) is 11.8 Å². The Balaban J connectivity index is 3.07. The fourth-order valence-corrected chi connectivity index (χ4v) is 0.574. The highest BCUT2D eigenvalue weighted by Crippen LogP contribution is 2.08. The van der Waals surface area contributed by atoms with Crippen LogP contribution in [0, 0.1) is 12.9 Å². The van der Waals surface area contributed by atoms with Gasteiger partial charge < -0.3 is 4.74 Å². The van der Waals surface area contributed by atoms with E-state index in [1.165, 1.54) is 13.3 Å². The first kappa shape index (κ1) is 6.92. The lowest BCUT2D eigenvalue weighted by molar-refractivity contribution is 0.359. The molecule has 0 amide bonds. The third-order valence-corrected chi connectivity index (χ3v) is 1.01. The molecule has 1 heterocycles. The van der Waals surface area contributed by atoms with Gasteiger partial charge in [-0.25, -0.2) is 9.97 Å². The number of aryl methyl sites for hydroxylation is 1. The maximum absolute atomic E-state index is 12.6. The molecule has 0 aliphatic heterocycles. The highest BCUT2D eigenvalue weighted by atomic mass is 19.1. The number of hydrogen-bond donors (Lipinski definition) is 0. The Morgan fingerprint density at radius 2 is 2.30 bits per heavy atom. The molecule has 0 bridgehead atoms. The number of ether oxygens (including phenoxy) is 1. The van der Waals surface area contributed by atoms with E-state index < -0.39 is 5.95 Å². The second-order valence-electron chi connectivity index (χ2n) is 1.81. The van der Waals surface area contributed by atoms with Gasteiger partial charge in [-0.05, 0) is 6.92 Å². The van der Waals surface area contributed by atoms with Crippen molar-refractivity contribution in [2.24, 2.45) is 0 Å². The molecule has 0 aromatic carbocycles. The molecule has 0 saturated heterocycles. The van der Waals surface area contributed by atoms with Crippen molar-refractivity contribution in [3.05, 3.63) is 17.8 Å². The Kier molecular flexibility index (Phi) is 1.80. The Morgan fingerprint density at radius 3 is 2.80 bits per heavy atom. The molecular weight excluding hydrogens is 135 g/mol. The van der Waals surface area contributed by atoms with E-state index in [4.69, 9.17) is 0 Å². The van der Waals surface area contributed by atoms with Gasteiger partial charge in [0.1, 0.15) is 0 Å². The van der Waals surface area contributed by atoms with Crippen molar-refractivity contribution in [3.8, 4) is 5.88 Å². The first-order valence-electron chi connectivity index (χ1n) is 2.77. The summed E-state index contributed by atoms with van der Waals surface area (Å²) in [6.07, 6.45) is 1.45. The number of rotatable bonds is 1. The summed E-state index contributed by atoms with van der Waals surface area (Å²) in [7, 11) is 1.35. The molecule has 10 heavy (non-hydrogen) atoms. The standard InChI is InChI=1S/C6H7FN2O/c1-4-3-8-6(10-2)5(7)9-4/h3H,1-2H3. The van der Waals surface area contributed by atoms with Crippen molar-refractivity contribution >= 4 is 0 Å². The highest BCUT2D eigenvalue weighted by Gasteiger charge is 2.03. The van der Waals surface area contributed by atoms with Gasteiger partial charge in [-0.1, -0.05) is 0 Å². The molecule has 0 spiro atoms. The van der Waals surface area contributed by atoms with Crippen LogP contribution < -0.4 is 4.74 Å². The van der Waals surface area contributed by atoms with Crippen molar-refractivity contribution in [1.82, 2.24) is 9.97 Å². The van der Waals surface area contributed by atoms with Crippen LogP contribution in [-0.4, -0.2) is 17.1 Å². The number of methoxy groups -OCH3 is 1. The number of halogens is 1. The van der Waals surface area contributed by atoms with Crippen molar-refractivity contribution in [2.75, 3.05) is 7.11 Å². The van der Waals surface area contributed by atoms with Crippen LogP contribution in [0.25, 0.3) is 0 Å². The van der Waals surface area contributed by atoms with E-state index in [9.17, 15) is 4.39 Å². The number of hydrogen-bond acceptors (Lipinski definition) is 3. The lowest BCUT2D eigenvalue weighted by atomic mass is 10.5. The highest BCUT2D eigenvalue weighted by molar-refractivity contribution is 5.08. The molecule has 1 aromatic rings. The van der Waals surface area contributed by atoms with Gasteiger partial charge in [0.05, 0.1) is 19.0 Å². The van der Waals surface area contributed by atoms with E-state index in [1.54, 1.807) is 6.92 Å². The lowest BCUT2D eigenvalue weighted by Crippen LogP contribution is -1.96. The van der Waals surface area contributed by atoms with Crippen LogP contribution >= 0.6 is 0 Å². The second-order valence-corrected chi connectivity index (χ2v) is 1.81. The van der Waals surface area contributed by atoms with Crippen molar-refractivity contribution in [1.29, 1.82) is 0 Å². The molecule has 3 nitrogen and oxygen atoms in total. The summed E-state index contributed by atoms with van der Waals surface area (Å²) in [6, 6.07) is 0. The van der Waals surface area contributed by atoms with Gasteiger partial charge >= 0.3 is 0 Å². The first-order chi connectivity index (χ1) is 4.74. The molecule has 0 aliphatic rings. The SMILES string of the molecule is COc1ncc(C)nc1F. The predicted octanol–water partition coefficient (Wildman–Crippen LogP) is 0.933. The minimum absolute atomic E-state index is 0.0643. The lowest BCUT2D eigenvalue weighted by Gasteiger charge is -1.97. The van der Waals surface area contributed by atoms with E-state index in [0.717, 1.165) is 0 Å². The number of aromatic nitrogens is 2. The van der Waals surface area contributed by atoms with Crippen LogP contribution in [0.4, 0.5) is 4.39 Å². The molecule has 1 rings (SSSR count). The van der Waals surface area contributed by atoms with E-state index in [1.807, 2.05) is 0 Å². The molecule has 0 saturated carbocycles. The monoisotopic (exact) mass is 142 g/mol. The number of nitrogens with zero attached hydrogens (tertiary/aromatic N) is 2. The van der Waals surface area contributed by atoms with E-state index in [0.29, 0.717) is 5.69 Å². The summed E-state index contributed by atoms with van der Waals surface area (Å²) in [6.45, 7) is 1.66. The topological polar surface area (TPSA) is 35.0 Å². The van der Waals surface area contributed by atoms with Crippen molar-refractivity contribution in [2.45, 2.75) is 6.92 Å². The zero-order valence-corrected chi connectivity index (χ0v) is 5.76. The summed E-state index contributed by atoms with van der Waals surface area (Å²) in [5.74, 6) is -0.729. The van der Waals surface area contributed by atoms with E-state index in [-0.39, 0.29) is 5.88 Å². The van der Waals surface area contributed by atoms with Gasteiger partial charge in [0, 0.05) is 0 Å². The van der Waals surface area contributed by atoms with Crippen LogP contribution in [-0.2, 0) is 0 Å². The van der Waals surface area contributed by atoms with Crippen LogP contribution in [0.1, 0.15) is 5.69 Å². The minimum atomic E-state index is -0.664. The quantitative estimate of drug-likeness (QED) is 0.585. The Bertz CT molecular complexity index is 239. The zero-order valence-electron chi connectivity index (χ0n) is 5.76. The largest absolute Gasteiger partial charge is 0.478 e. The smallest absolute Gasteiger partial charge is 0.275 e. The first-order valence-corrected chi connectivity index (χ1v) is 2.77. The van der Waals surface area contributed by atoms with Crippen molar-refractivity contribution in [3.63, 3.8) is 0 Å². The summed E-state index contributed by atoms with van der Waals surface area (Å²) >= 11 is 0. The van der Waals surface area contributed by atoms with Crippen molar-refractivity contribution < 1.29 is 9.13 Å². The third kappa shape index (κ3) is 1.21. The molecule has 0 aliphatic carbocycles. The predicted molar refractivity (Wildman–Crippen MR) is 33.3 cm³/mol. The maximum atomic E-state index is 12.6. The fraction of sp³-hybridized carbons (Fsp3) is 0.333. The average molecular weight is 142 g/mol. The van der Waals surface area contributed by atoms with Crippen LogP contribution in [0.3, 0.4) is 0 Å². The second kappa shape index (κ2) is 2.60. The zero-order chi connectivity index (χ0) is 7.56. The third-order valence-electron chi connectivity index (χ3n) is 1.01. The molecular formula is C6H7FN2O. The average Bonchev–Trinajstić information content (AvgIpc) is 1.88. The van der Waals surface area contributed by atoms with Crippen LogP contribution in [0.2, 0.25) is 0 Å². The summed E-state index contributed by atoms with van der Waals surface area (Å²) in [5.41, 5.74) is 0.540. The molecule has 54 valence electrons. The van der Waals surface area contributed by atoms with Crippen LogP contribution in [0.15, 0.2) is 6.20 Å². The molecule has 0 fully saturated rings. The van der Waals surface area contributed by atoms with Gasteiger partial charge in [-0.2, -0.15) is 4.39 Å². The summed E-state index contributed by atoms with van der Waals surface area (Å²) < 4.78 is 17.1. The molecule has 4 heteroatoms. The molecule has 0 radical (unpaired) electrons. The van der Waals surface area contributed by atoms with Gasteiger partial charge in [0.15, 0.2) is 0 Å². The molecule has 0 unspecified atom stereocenters. The van der Waals surface area contributed by atoms with Gasteiger partial charge in [-0.15, -0.1) is 0 Å². The van der Waals surface area contributed by atoms with Gasteiger partial charge in [-0.3, -0.25) is 0 Å². The van der Waals surface area contributed by atoms with Crippen LogP contribution in [0.5, 0.6) is 5.88 Å². The maximum Gasteiger partial charge on any atom is 0.275 e. The molecule has 0 atom stereocenters. The molecule has 0 N–H and O–H groups in total. The molecule has 1 aromatic heterocycles.